The van der Waals surface area contributed by atoms with Gasteiger partial charge in [-0.2, -0.15) is 13.2 Å². The second-order valence-corrected chi connectivity index (χ2v) is 13.0. The number of aromatic nitrogens is 3. The van der Waals surface area contributed by atoms with Gasteiger partial charge in [0, 0.05) is 11.8 Å². The van der Waals surface area contributed by atoms with E-state index in [0.29, 0.717) is 5.56 Å². The number of para-hydroxylation sites is 2. The van der Waals surface area contributed by atoms with Gasteiger partial charge in [0.05, 0.1) is 38.2 Å². The lowest BCUT2D eigenvalue weighted by Gasteiger charge is -2.19. The fraction of sp³-hybridized carbons (Fsp3) is 0.321. The van der Waals surface area contributed by atoms with Gasteiger partial charge in [0.15, 0.2) is 13.2 Å². The minimum absolute atomic E-state index is 0.0802. The van der Waals surface area contributed by atoms with Gasteiger partial charge in [0.2, 0.25) is 5.16 Å². The Morgan fingerprint density at radius 2 is 1.81 bits per heavy atom. The Kier molecular flexibility index (Phi) is 9.16. The monoisotopic (exact) mass is 639 g/mol. The number of fused-ring (bicyclic) bond motifs is 1. The van der Waals surface area contributed by atoms with Gasteiger partial charge < -0.3 is 14.6 Å². The number of aliphatic carboxylic acids is 1. The quantitative estimate of drug-likeness (QED) is 0.237. The summed E-state index contributed by atoms with van der Waals surface area (Å²) in [6, 6.07) is 10.5. The Hall–Kier alpha value is -3.98. The number of nitrogens with zero attached hydrogens (tertiary/aromatic N) is 3. The van der Waals surface area contributed by atoms with Crippen molar-refractivity contribution in [2.45, 2.75) is 55.6 Å². The number of halogens is 3. The topological polar surface area (TPSA) is 138 Å². The highest BCUT2D eigenvalue weighted by Crippen LogP contribution is 2.35. The van der Waals surface area contributed by atoms with Crippen molar-refractivity contribution in [3.05, 3.63) is 71.0 Å². The molecule has 1 unspecified atom stereocenters. The third-order valence-corrected chi connectivity index (χ3v) is 9.63. The lowest BCUT2D eigenvalue weighted by Crippen LogP contribution is -2.21. The second-order valence-electron chi connectivity index (χ2n) is 9.92. The Balaban J connectivity index is 1.82. The van der Waals surface area contributed by atoms with Crippen molar-refractivity contribution in [1.29, 1.82) is 0 Å². The Labute approximate surface area is 248 Å². The molecule has 0 aliphatic rings. The number of aryl methyl sites for hydroxylation is 1. The van der Waals surface area contributed by atoms with E-state index in [-0.39, 0.29) is 61.1 Å². The molecule has 0 saturated heterocycles. The predicted octanol–water partition coefficient (Wildman–Crippen LogP) is 5.12. The maximum absolute atomic E-state index is 14.4. The number of hydrogen-bond donors (Lipinski definition) is 1. The zero-order valence-electron chi connectivity index (χ0n) is 23.5. The third-order valence-electron chi connectivity index (χ3n) is 6.37. The van der Waals surface area contributed by atoms with Crippen LogP contribution in [0.15, 0.2) is 58.7 Å². The lowest BCUT2D eigenvalue weighted by atomic mass is 10.0. The second kappa shape index (κ2) is 12.3. The molecule has 0 radical (unpaired) electrons. The van der Waals surface area contributed by atoms with E-state index in [0.717, 1.165) is 3.97 Å². The molecule has 10 nitrogen and oxygen atoms in total. The molecule has 230 valence electrons. The largest absolute Gasteiger partial charge is 0.484 e. The summed E-state index contributed by atoms with van der Waals surface area (Å²) in [5.74, 6) is -1.81. The highest BCUT2D eigenvalue weighted by atomic mass is 32.2. The van der Waals surface area contributed by atoms with E-state index in [9.17, 15) is 30.6 Å². The van der Waals surface area contributed by atoms with Crippen molar-refractivity contribution >= 4 is 37.8 Å². The first-order valence-corrected chi connectivity index (χ1v) is 15.6. The van der Waals surface area contributed by atoms with Gasteiger partial charge in [-0.05, 0) is 61.2 Å². The summed E-state index contributed by atoms with van der Waals surface area (Å²) in [7, 11) is -6.60. The van der Waals surface area contributed by atoms with E-state index >= 15 is 0 Å². The molecular weight excluding hydrogens is 611 g/mol. The van der Waals surface area contributed by atoms with Gasteiger partial charge in [-0.3, -0.25) is 9.19 Å². The van der Waals surface area contributed by atoms with E-state index in [1.165, 1.54) is 37.4 Å². The average molecular weight is 640 g/mol. The number of carboxylic acids is 1. The van der Waals surface area contributed by atoms with Gasteiger partial charge in [-0.25, -0.2) is 22.2 Å². The van der Waals surface area contributed by atoms with Crippen LogP contribution in [0.5, 0.6) is 11.5 Å². The van der Waals surface area contributed by atoms with Crippen molar-refractivity contribution in [3.63, 3.8) is 0 Å². The molecule has 0 saturated carbocycles. The molecular formula is C28H28F3N3O7S2. The molecule has 1 N–H and O–H groups in total. The highest BCUT2D eigenvalue weighted by Gasteiger charge is 2.32. The Morgan fingerprint density at radius 1 is 1.12 bits per heavy atom. The van der Waals surface area contributed by atoms with Crippen LogP contribution in [0, 0.1) is 13.8 Å². The average Bonchev–Trinajstić information content (AvgIpc) is 3.32. The summed E-state index contributed by atoms with van der Waals surface area (Å²) in [6.07, 6.45) is -3.34. The summed E-state index contributed by atoms with van der Waals surface area (Å²) in [5, 5.41) is 8.69. The van der Waals surface area contributed by atoms with Gasteiger partial charge in [-0.1, -0.05) is 26.0 Å². The first kappa shape index (κ1) is 31.9. The maximum atomic E-state index is 14.4. The van der Waals surface area contributed by atoms with Crippen LogP contribution in [0.4, 0.5) is 13.2 Å². The van der Waals surface area contributed by atoms with Crippen molar-refractivity contribution in [2.24, 2.45) is 0 Å². The summed E-state index contributed by atoms with van der Waals surface area (Å²) in [4.78, 5) is 19.5. The zero-order chi connectivity index (χ0) is 31.7. The first-order chi connectivity index (χ1) is 20.1. The number of ether oxygens (including phenoxy) is 2. The standard InChI is InChI=1S/C28H28F3N3O7S2/c1-16(2)20-12-19(40-13-25(35)36)11-17(3)26(20)43(38,39)34-23-8-6-5-7-21(23)33-27(34)42(37)14-22-18(4)24(9-10-32-22)41-15-28(29,30)31/h5-12,16H,13-15H2,1-4H3,(H,35,36). The smallest absolute Gasteiger partial charge is 0.422 e. The predicted molar refractivity (Wildman–Crippen MR) is 151 cm³/mol. The lowest BCUT2D eigenvalue weighted by molar-refractivity contribution is -0.153. The Bertz CT molecular complexity index is 1820. The number of carboxylic acid groups (broad SMARTS) is 1. The van der Waals surface area contributed by atoms with Crippen LogP contribution >= 0.6 is 0 Å². The molecule has 0 bridgehead atoms. The molecule has 0 spiro atoms. The molecule has 0 aliphatic heterocycles. The molecule has 4 rings (SSSR count). The third kappa shape index (κ3) is 6.99. The van der Waals surface area contributed by atoms with Gasteiger partial charge in [-0.15, -0.1) is 0 Å². The number of pyridine rings is 1. The van der Waals surface area contributed by atoms with E-state index in [1.54, 1.807) is 39.0 Å². The fourth-order valence-corrected chi connectivity index (χ4v) is 8.03. The molecule has 15 heteroatoms. The molecule has 0 fully saturated rings. The summed E-state index contributed by atoms with van der Waals surface area (Å²) >= 11 is 0. The molecule has 2 aromatic heterocycles. The zero-order valence-corrected chi connectivity index (χ0v) is 25.1. The van der Waals surface area contributed by atoms with Gasteiger partial charge >= 0.3 is 12.1 Å². The normalized spacial score (nSPS) is 12.9. The minimum Gasteiger partial charge on any atom is -0.484 e. The molecule has 43 heavy (non-hydrogen) atoms. The van der Waals surface area contributed by atoms with Crippen LogP contribution < -0.4 is 9.47 Å². The number of carbonyl (C=O) groups is 1. The number of alkyl halides is 3. The number of hydrogen-bond acceptors (Lipinski definition) is 8. The van der Waals surface area contributed by atoms with Crippen molar-refractivity contribution in [3.8, 4) is 11.5 Å². The molecule has 2 aromatic carbocycles. The van der Waals surface area contributed by atoms with E-state index < -0.39 is 46.2 Å². The van der Waals surface area contributed by atoms with Crippen LogP contribution in [-0.2, 0) is 31.4 Å². The van der Waals surface area contributed by atoms with Crippen LogP contribution in [0.25, 0.3) is 11.0 Å². The van der Waals surface area contributed by atoms with Crippen molar-refractivity contribution < 1.29 is 45.2 Å². The van der Waals surface area contributed by atoms with E-state index in [2.05, 4.69) is 9.97 Å². The molecule has 0 aliphatic carbocycles. The summed E-state index contributed by atoms with van der Waals surface area (Å²) in [6.45, 7) is 4.41. The molecule has 0 amide bonds. The van der Waals surface area contributed by atoms with Crippen LogP contribution in [-0.4, -0.2) is 57.0 Å². The summed E-state index contributed by atoms with van der Waals surface area (Å²) < 4.78 is 91.9. The number of imidazole rings is 1. The van der Waals surface area contributed by atoms with Crippen LogP contribution in [0.3, 0.4) is 0 Å². The van der Waals surface area contributed by atoms with Gasteiger partial charge in [0.1, 0.15) is 11.5 Å². The molecule has 4 aromatic rings. The minimum atomic E-state index is -4.56. The molecule has 2 heterocycles. The first-order valence-electron chi connectivity index (χ1n) is 12.8. The van der Waals surface area contributed by atoms with E-state index in [4.69, 9.17) is 14.6 Å². The van der Waals surface area contributed by atoms with Crippen LogP contribution in [0.2, 0.25) is 0 Å². The fourth-order valence-electron chi connectivity index (χ4n) is 4.43. The summed E-state index contributed by atoms with van der Waals surface area (Å²) in [5.41, 5.74) is 1.41. The SMILES string of the molecule is Cc1cc(OCC(=O)O)cc(C(C)C)c1S(=O)(=O)n1c(S(=O)Cc2nccc(OCC(F)(F)F)c2C)nc2ccccc21. The van der Waals surface area contributed by atoms with E-state index in [1.807, 2.05) is 0 Å². The Morgan fingerprint density at radius 3 is 2.47 bits per heavy atom. The number of rotatable bonds is 11. The highest BCUT2D eigenvalue weighted by molar-refractivity contribution is 7.91. The maximum Gasteiger partial charge on any atom is 0.422 e. The number of benzene rings is 2. The van der Waals surface area contributed by atoms with Crippen molar-refractivity contribution in [2.75, 3.05) is 13.2 Å². The van der Waals surface area contributed by atoms with Crippen LogP contribution in [0.1, 0.15) is 42.1 Å². The van der Waals surface area contributed by atoms with Gasteiger partial charge in [0.25, 0.3) is 10.0 Å². The molecule has 1 atom stereocenters. The van der Waals surface area contributed by atoms with Crippen molar-refractivity contribution in [1.82, 2.24) is 13.9 Å².